The van der Waals surface area contributed by atoms with Crippen molar-refractivity contribution in [3.8, 4) is 16.9 Å². The van der Waals surface area contributed by atoms with Crippen LogP contribution in [0.1, 0.15) is 18.1 Å². The highest BCUT2D eigenvalue weighted by Crippen LogP contribution is 2.33. The first-order chi connectivity index (χ1) is 7.72. The molecule has 0 radical (unpaired) electrons. The number of phenols is 1. The topological polar surface area (TPSA) is 20.2 Å². The molecule has 2 rings (SSSR count). The lowest BCUT2D eigenvalue weighted by Crippen LogP contribution is -1.88. The van der Waals surface area contributed by atoms with E-state index in [0.29, 0.717) is 5.75 Å². The van der Waals surface area contributed by atoms with Gasteiger partial charge in [0.05, 0.1) is 0 Å². The van der Waals surface area contributed by atoms with Gasteiger partial charge >= 0.3 is 0 Å². The lowest BCUT2D eigenvalue weighted by Gasteiger charge is -2.10. The zero-order valence-electron chi connectivity index (χ0n) is 9.70. The van der Waals surface area contributed by atoms with Crippen LogP contribution >= 0.6 is 0 Å². The summed E-state index contributed by atoms with van der Waals surface area (Å²) >= 11 is 0. The van der Waals surface area contributed by atoms with Crippen LogP contribution in [0, 0.1) is 6.92 Å². The molecule has 0 saturated carbocycles. The lowest BCUT2D eigenvalue weighted by atomic mass is 9.98. The summed E-state index contributed by atoms with van der Waals surface area (Å²) in [5.74, 6) is 0.416. The number of hydrogen-bond donors (Lipinski definition) is 1. The minimum Gasteiger partial charge on any atom is -0.507 e. The second-order valence-corrected chi connectivity index (χ2v) is 4.04. The van der Waals surface area contributed by atoms with Gasteiger partial charge in [0.1, 0.15) is 5.75 Å². The summed E-state index contributed by atoms with van der Waals surface area (Å²) in [6, 6.07) is 14.1. The summed E-state index contributed by atoms with van der Waals surface area (Å²) in [7, 11) is 0. The molecule has 82 valence electrons. The highest BCUT2D eigenvalue weighted by atomic mass is 16.3. The van der Waals surface area contributed by atoms with Crippen molar-refractivity contribution in [3.63, 3.8) is 0 Å². The van der Waals surface area contributed by atoms with E-state index >= 15 is 0 Å². The first-order valence-electron chi connectivity index (χ1n) is 5.60. The second kappa shape index (κ2) is 4.40. The quantitative estimate of drug-likeness (QED) is 0.799. The van der Waals surface area contributed by atoms with E-state index in [4.69, 9.17) is 0 Å². The molecule has 0 bridgehead atoms. The molecular weight excluding hydrogens is 196 g/mol. The summed E-state index contributed by atoms with van der Waals surface area (Å²) in [5, 5.41) is 10.2. The Labute approximate surface area is 96.4 Å². The molecule has 0 heterocycles. The van der Waals surface area contributed by atoms with Gasteiger partial charge in [-0.15, -0.1) is 0 Å². The van der Waals surface area contributed by atoms with E-state index < -0.39 is 0 Å². The minimum absolute atomic E-state index is 0.416. The monoisotopic (exact) mass is 212 g/mol. The van der Waals surface area contributed by atoms with Crippen LogP contribution in [0.4, 0.5) is 0 Å². The van der Waals surface area contributed by atoms with Crippen molar-refractivity contribution in [2.75, 3.05) is 0 Å². The summed E-state index contributed by atoms with van der Waals surface area (Å²) in [5.41, 5.74) is 4.20. The fourth-order valence-electron chi connectivity index (χ4n) is 1.96. The number of benzene rings is 2. The molecule has 0 aliphatic carbocycles. The van der Waals surface area contributed by atoms with Crippen molar-refractivity contribution in [3.05, 3.63) is 53.6 Å². The van der Waals surface area contributed by atoms with Crippen LogP contribution in [0.3, 0.4) is 0 Å². The molecule has 0 aromatic heterocycles. The van der Waals surface area contributed by atoms with E-state index in [1.165, 1.54) is 5.56 Å². The maximum atomic E-state index is 10.2. The van der Waals surface area contributed by atoms with E-state index in [9.17, 15) is 5.11 Å². The van der Waals surface area contributed by atoms with Crippen molar-refractivity contribution in [2.24, 2.45) is 0 Å². The largest absolute Gasteiger partial charge is 0.507 e. The summed E-state index contributed by atoms with van der Waals surface area (Å²) in [4.78, 5) is 0. The second-order valence-electron chi connectivity index (χ2n) is 4.04. The van der Waals surface area contributed by atoms with Gasteiger partial charge < -0.3 is 5.11 Å². The fraction of sp³-hybridized carbons (Fsp3) is 0.200. The number of rotatable bonds is 2. The number of aromatic hydroxyl groups is 1. The normalized spacial score (nSPS) is 10.4. The maximum Gasteiger partial charge on any atom is 0.126 e. The average molecular weight is 212 g/mol. The molecule has 0 unspecified atom stereocenters. The summed E-state index contributed by atoms with van der Waals surface area (Å²) in [6.07, 6.45) is 0.855. The van der Waals surface area contributed by atoms with Crippen molar-refractivity contribution in [1.29, 1.82) is 0 Å². The Balaban J connectivity index is 2.61. The van der Waals surface area contributed by atoms with Gasteiger partial charge in [0.2, 0.25) is 0 Å². The Morgan fingerprint density at radius 2 is 1.75 bits per heavy atom. The molecule has 1 heteroatoms. The summed E-state index contributed by atoms with van der Waals surface area (Å²) < 4.78 is 0. The molecule has 0 fully saturated rings. The number of aryl methyl sites for hydroxylation is 2. The highest BCUT2D eigenvalue weighted by Gasteiger charge is 2.08. The first kappa shape index (κ1) is 10.7. The van der Waals surface area contributed by atoms with Crippen LogP contribution in [0.25, 0.3) is 11.1 Å². The Kier molecular flexibility index (Phi) is 2.95. The molecule has 0 aliphatic heterocycles. The van der Waals surface area contributed by atoms with Gasteiger partial charge in [0, 0.05) is 5.56 Å². The van der Waals surface area contributed by atoms with Crippen molar-refractivity contribution in [1.82, 2.24) is 0 Å². The molecule has 2 aromatic carbocycles. The van der Waals surface area contributed by atoms with Crippen LogP contribution in [-0.4, -0.2) is 5.11 Å². The Morgan fingerprint density at radius 1 is 1.06 bits per heavy atom. The van der Waals surface area contributed by atoms with Gasteiger partial charge in [-0.1, -0.05) is 43.3 Å². The van der Waals surface area contributed by atoms with Crippen LogP contribution in [0.15, 0.2) is 42.5 Å². The third kappa shape index (κ3) is 1.94. The zero-order valence-corrected chi connectivity index (χ0v) is 9.70. The average Bonchev–Trinajstić information content (AvgIpc) is 2.33. The van der Waals surface area contributed by atoms with Gasteiger partial charge in [-0.2, -0.15) is 0 Å². The van der Waals surface area contributed by atoms with E-state index in [0.717, 1.165) is 23.1 Å². The van der Waals surface area contributed by atoms with Crippen molar-refractivity contribution < 1.29 is 5.11 Å². The molecular formula is C15H16O. The molecule has 0 spiro atoms. The predicted octanol–water partition coefficient (Wildman–Crippen LogP) is 3.93. The van der Waals surface area contributed by atoms with E-state index in [2.05, 4.69) is 13.8 Å². The molecule has 16 heavy (non-hydrogen) atoms. The van der Waals surface area contributed by atoms with Gasteiger partial charge in [-0.3, -0.25) is 0 Å². The smallest absolute Gasteiger partial charge is 0.126 e. The zero-order chi connectivity index (χ0) is 11.5. The van der Waals surface area contributed by atoms with Crippen molar-refractivity contribution in [2.45, 2.75) is 20.3 Å². The Bertz CT molecular complexity index is 486. The van der Waals surface area contributed by atoms with Gasteiger partial charge in [-0.25, -0.2) is 0 Å². The van der Waals surface area contributed by atoms with Crippen molar-refractivity contribution >= 4 is 0 Å². The summed E-state index contributed by atoms with van der Waals surface area (Å²) in [6.45, 7) is 4.12. The number of hydrogen-bond acceptors (Lipinski definition) is 1. The predicted molar refractivity (Wildman–Crippen MR) is 67.7 cm³/mol. The van der Waals surface area contributed by atoms with E-state index in [-0.39, 0.29) is 0 Å². The Hall–Kier alpha value is -1.76. The third-order valence-electron chi connectivity index (χ3n) is 2.80. The first-order valence-corrected chi connectivity index (χ1v) is 5.60. The molecule has 0 saturated heterocycles. The van der Waals surface area contributed by atoms with Crippen LogP contribution in [-0.2, 0) is 6.42 Å². The van der Waals surface area contributed by atoms with E-state index in [1.807, 2.05) is 42.5 Å². The van der Waals surface area contributed by atoms with Crippen LogP contribution < -0.4 is 0 Å². The molecule has 0 aliphatic rings. The third-order valence-corrected chi connectivity index (χ3v) is 2.80. The maximum absolute atomic E-state index is 10.2. The highest BCUT2D eigenvalue weighted by molar-refractivity contribution is 5.72. The molecule has 2 aromatic rings. The lowest BCUT2D eigenvalue weighted by molar-refractivity contribution is 0.471. The van der Waals surface area contributed by atoms with Gasteiger partial charge in [-0.05, 0) is 36.1 Å². The van der Waals surface area contributed by atoms with Crippen LogP contribution in [0.5, 0.6) is 5.75 Å². The SMILES string of the molecule is CCc1cc(C)cc(-c2ccccc2)c1O. The molecule has 1 nitrogen and oxygen atoms in total. The minimum atomic E-state index is 0.416. The van der Waals surface area contributed by atoms with Gasteiger partial charge in [0.15, 0.2) is 0 Å². The molecule has 1 N–H and O–H groups in total. The Morgan fingerprint density at radius 3 is 2.38 bits per heavy atom. The number of phenolic OH excluding ortho intramolecular Hbond substituents is 1. The van der Waals surface area contributed by atoms with Gasteiger partial charge in [0.25, 0.3) is 0 Å². The fourth-order valence-corrected chi connectivity index (χ4v) is 1.96. The van der Waals surface area contributed by atoms with E-state index in [1.54, 1.807) is 0 Å². The molecule has 0 amide bonds. The van der Waals surface area contributed by atoms with Crippen LogP contribution in [0.2, 0.25) is 0 Å². The standard InChI is InChI=1S/C15H16O/c1-3-12-9-11(2)10-14(15(12)16)13-7-5-4-6-8-13/h4-10,16H,3H2,1-2H3. The molecule has 0 atom stereocenters.